The summed E-state index contributed by atoms with van der Waals surface area (Å²) in [6, 6.07) is 7.22. The Morgan fingerprint density at radius 3 is 2.40 bits per heavy atom. The topological polar surface area (TPSA) is 75.6 Å². The highest BCUT2D eigenvalue weighted by molar-refractivity contribution is 5.96. The Hall–Kier alpha value is -2.30. The van der Waals surface area contributed by atoms with Gasteiger partial charge in [0.25, 0.3) is 0 Å². The molecular weight excluding hydrogens is 258 g/mol. The maximum absolute atomic E-state index is 11.8. The van der Waals surface area contributed by atoms with Gasteiger partial charge in [0.2, 0.25) is 5.91 Å². The molecule has 20 heavy (non-hydrogen) atoms. The molecule has 1 saturated carbocycles. The summed E-state index contributed by atoms with van der Waals surface area (Å²) in [5.41, 5.74) is -0.222. The molecule has 2 rings (SSSR count). The zero-order valence-corrected chi connectivity index (χ0v) is 11.3. The molecule has 5 nitrogen and oxygen atoms in total. The van der Waals surface area contributed by atoms with Gasteiger partial charge in [0, 0.05) is 6.08 Å². The van der Waals surface area contributed by atoms with Crippen LogP contribution in [0.2, 0.25) is 0 Å². The number of nitrogens with one attached hydrogen (secondary N) is 1. The lowest BCUT2D eigenvalue weighted by Gasteiger charge is -2.37. The molecule has 0 aromatic heterocycles. The number of benzene rings is 1. The van der Waals surface area contributed by atoms with Gasteiger partial charge in [-0.25, -0.2) is 4.79 Å². The molecule has 1 fully saturated rings. The summed E-state index contributed by atoms with van der Waals surface area (Å²) >= 11 is 0. The third-order valence-electron chi connectivity index (χ3n) is 3.52. The van der Waals surface area contributed by atoms with Crippen molar-refractivity contribution in [3.05, 3.63) is 35.9 Å². The van der Waals surface area contributed by atoms with E-state index in [1.54, 1.807) is 25.3 Å². The normalized spacial score (nSPS) is 16.4. The summed E-state index contributed by atoms with van der Waals surface area (Å²) in [6.45, 7) is 0. The third kappa shape index (κ3) is 2.99. The van der Waals surface area contributed by atoms with Crippen molar-refractivity contribution in [1.29, 1.82) is 0 Å². The summed E-state index contributed by atoms with van der Waals surface area (Å²) in [4.78, 5) is 22.9. The van der Waals surface area contributed by atoms with Gasteiger partial charge in [-0.1, -0.05) is 12.1 Å². The predicted molar refractivity (Wildman–Crippen MR) is 74.4 cm³/mol. The lowest BCUT2D eigenvalue weighted by atomic mass is 9.77. The maximum Gasteiger partial charge on any atom is 0.329 e. The van der Waals surface area contributed by atoms with Crippen LogP contribution in [0.5, 0.6) is 5.75 Å². The van der Waals surface area contributed by atoms with Crippen LogP contribution in [-0.2, 0) is 9.59 Å². The number of hydrogen-bond acceptors (Lipinski definition) is 3. The average Bonchev–Trinajstić information content (AvgIpc) is 2.40. The first-order chi connectivity index (χ1) is 9.55. The minimum absolute atomic E-state index is 0.386. The van der Waals surface area contributed by atoms with Crippen LogP contribution in [0.15, 0.2) is 30.3 Å². The molecule has 1 amide bonds. The van der Waals surface area contributed by atoms with E-state index < -0.39 is 11.5 Å². The Morgan fingerprint density at radius 1 is 1.30 bits per heavy atom. The average molecular weight is 275 g/mol. The van der Waals surface area contributed by atoms with Crippen LogP contribution >= 0.6 is 0 Å². The number of carbonyl (C=O) groups excluding carboxylic acids is 1. The molecular formula is C15H17NO4. The fourth-order valence-corrected chi connectivity index (χ4v) is 2.09. The predicted octanol–water partition coefficient (Wildman–Crippen LogP) is 1.83. The fraction of sp³-hybridized carbons (Fsp3) is 0.333. The minimum Gasteiger partial charge on any atom is -0.497 e. The molecule has 0 saturated heterocycles. The second-order valence-electron chi connectivity index (χ2n) is 4.84. The quantitative estimate of drug-likeness (QED) is 0.804. The van der Waals surface area contributed by atoms with Gasteiger partial charge in [-0.3, -0.25) is 4.79 Å². The smallest absolute Gasteiger partial charge is 0.329 e. The summed E-state index contributed by atoms with van der Waals surface area (Å²) in [6.07, 6.45) is 4.80. The van der Waals surface area contributed by atoms with Gasteiger partial charge < -0.3 is 15.2 Å². The van der Waals surface area contributed by atoms with Gasteiger partial charge in [0.1, 0.15) is 11.3 Å². The molecule has 5 heteroatoms. The van der Waals surface area contributed by atoms with E-state index in [1.807, 2.05) is 12.1 Å². The highest BCUT2D eigenvalue weighted by Gasteiger charge is 2.45. The summed E-state index contributed by atoms with van der Waals surface area (Å²) in [7, 11) is 1.59. The molecule has 0 atom stereocenters. The minimum atomic E-state index is -1.07. The van der Waals surface area contributed by atoms with Crippen LogP contribution in [0.25, 0.3) is 6.08 Å². The van der Waals surface area contributed by atoms with Crippen molar-refractivity contribution in [2.45, 2.75) is 24.8 Å². The molecule has 0 spiro atoms. The van der Waals surface area contributed by atoms with Gasteiger partial charge in [0.05, 0.1) is 7.11 Å². The van der Waals surface area contributed by atoms with Gasteiger partial charge in [-0.15, -0.1) is 0 Å². The molecule has 1 aliphatic carbocycles. The molecule has 0 aliphatic heterocycles. The van der Waals surface area contributed by atoms with Crippen molar-refractivity contribution in [2.75, 3.05) is 7.11 Å². The van der Waals surface area contributed by atoms with Crippen molar-refractivity contribution >= 4 is 18.0 Å². The first kappa shape index (κ1) is 14.1. The number of carboxylic acid groups (broad SMARTS) is 1. The van der Waals surface area contributed by atoms with Gasteiger partial charge in [-0.2, -0.15) is 0 Å². The van der Waals surface area contributed by atoms with E-state index in [0.29, 0.717) is 12.8 Å². The third-order valence-corrected chi connectivity index (χ3v) is 3.52. The fourth-order valence-electron chi connectivity index (χ4n) is 2.09. The van der Waals surface area contributed by atoms with Gasteiger partial charge in [0.15, 0.2) is 0 Å². The number of methoxy groups -OCH3 is 1. The molecule has 2 N–H and O–H groups in total. The number of amides is 1. The van der Waals surface area contributed by atoms with E-state index in [-0.39, 0.29) is 5.91 Å². The summed E-state index contributed by atoms with van der Waals surface area (Å²) in [5.74, 6) is -0.608. The molecule has 0 bridgehead atoms. The number of aliphatic carboxylic acids is 1. The zero-order chi connectivity index (χ0) is 14.6. The number of ether oxygens (including phenoxy) is 1. The van der Waals surface area contributed by atoms with Crippen LogP contribution in [0.1, 0.15) is 24.8 Å². The van der Waals surface area contributed by atoms with Crippen molar-refractivity contribution in [3.63, 3.8) is 0 Å². The van der Waals surface area contributed by atoms with E-state index in [4.69, 9.17) is 9.84 Å². The van der Waals surface area contributed by atoms with Gasteiger partial charge >= 0.3 is 5.97 Å². The molecule has 1 aromatic carbocycles. The molecule has 1 aliphatic rings. The Bertz CT molecular complexity index is 529. The van der Waals surface area contributed by atoms with Gasteiger partial charge in [-0.05, 0) is 43.0 Å². The first-order valence-corrected chi connectivity index (χ1v) is 6.43. The van der Waals surface area contributed by atoms with Crippen LogP contribution in [0.3, 0.4) is 0 Å². The standard InChI is InChI=1S/C15H17NO4/c1-20-12-6-3-11(4-7-12)5-8-13(17)16-15(14(18)19)9-2-10-15/h3-8H,2,9-10H2,1H3,(H,16,17)(H,18,19)/b8-5+. The largest absolute Gasteiger partial charge is 0.497 e. The number of carbonyl (C=O) groups is 2. The monoisotopic (exact) mass is 275 g/mol. The van der Waals surface area contributed by atoms with E-state index in [0.717, 1.165) is 17.7 Å². The van der Waals surface area contributed by atoms with Crippen molar-refractivity contribution in [1.82, 2.24) is 5.32 Å². The van der Waals surface area contributed by atoms with Crippen LogP contribution in [-0.4, -0.2) is 29.6 Å². The molecule has 1 aromatic rings. The highest BCUT2D eigenvalue weighted by Crippen LogP contribution is 2.31. The first-order valence-electron chi connectivity index (χ1n) is 6.43. The number of hydrogen-bond donors (Lipinski definition) is 2. The molecule has 0 unspecified atom stereocenters. The Balaban J connectivity index is 1.96. The number of rotatable bonds is 5. The summed E-state index contributed by atoms with van der Waals surface area (Å²) in [5, 5.41) is 11.7. The van der Waals surface area contributed by atoms with Crippen molar-refractivity contribution < 1.29 is 19.4 Å². The SMILES string of the molecule is COc1ccc(/C=C/C(=O)NC2(C(=O)O)CCC2)cc1. The molecule has 0 heterocycles. The zero-order valence-electron chi connectivity index (χ0n) is 11.3. The van der Waals surface area contributed by atoms with Crippen molar-refractivity contribution in [2.24, 2.45) is 0 Å². The molecule has 106 valence electrons. The van der Waals surface area contributed by atoms with E-state index in [1.165, 1.54) is 6.08 Å². The lowest BCUT2D eigenvalue weighted by molar-refractivity contribution is -0.151. The Kier molecular flexibility index (Phi) is 4.08. The second kappa shape index (κ2) is 5.77. The number of carboxylic acids is 1. The van der Waals surface area contributed by atoms with Crippen LogP contribution in [0.4, 0.5) is 0 Å². The molecule has 0 radical (unpaired) electrons. The van der Waals surface area contributed by atoms with Crippen LogP contribution in [0, 0.1) is 0 Å². The Morgan fingerprint density at radius 2 is 1.95 bits per heavy atom. The van der Waals surface area contributed by atoms with Crippen LogP contribution < -0.4 is 10.1 Å². The van der Waals surface area contributed by atoms with E-state index in [2.05, 4.69) is 5.32 Å². The summed E-state index contributed by atoms with van der Waals surface area (Å²) < 4.78 is 5.04. The van der Waals surface area contributed by atoms with Crippen molar-refractivity contribution in [3.8, 4) is 5.75 Å². The lowest BCUT2D eigenvalue weighted by Crippen LogP contribution is -2.58. The van der Waals surface area contributed by atoms with E-state index >= 15 is 0 Å². The van der Waals surface area contributed by atoms with E-state index in [9.17, 15) is 9.59 Å². The highest BCUT2D eigenvalue weighted by atomic mass is 16.5. The Labute approximate surface area is 117 Å². The maximum atomic E-state index is 11.8. The second-order valence-corrected chi connectivity index (χ2v) is 4.84.